The lowest BCUT2D eigenvalue weighted by atomic mass is 9.89. The topological polar surface area (TPSA) is 109 Å². The summed E-state index contributed by atoms with van der Waals surface area (Å²) in [6, 6.07) is 4.63. The zero-order valence-corrected chi connectivity index (χ0v) is 21.5. The number of likely N-dealkylation sites (N-methyl/N-ethyl adjacent to an activating group) is 1. The highest BCUT2D eigenvalue weighted by atomic mass is 16.5. The van der Waals surface area contributed by atoms with E-state index in [4.69, 9.17) is 9.47 Å². The van der Waals surface area contributed by atoms with Crippen LogP contribution in [0.5, 0.6) is 5.75 Å². The van der Waals surface area contributed by atoms with Gasteiger partial charge in [-0.2, -0.15) is 0 Å². The summed E-state index contributed by atoms with van der Waals surface area (Å²) in [6.07, 6.45) is 8.36. The number of hydrogen-bond acceptors (Lipinski definition) is 5. The first-order chi connectivity index (χ1) is 17.4. The largest absolute Gasteiger partial charge is 0.490 e. The van der Waals surface area contributed by atoms with Crippen molar-refractivity contribution in [3.05, 3.63) is 23.8 Å². The number of fused-ring (bicyclic) bond motifs is 2. The van der Waals surface area contributed by atoms with E-state index in [0.717, 1.165) is 19.4 Å². The van der Waals surface area contributed by atoms with Gasteiger partial charge in [0.15, 0.2) is 0 Å². The predicted octanol–water partition coefficient (Wildman–Crippen LogP) is 3.69. The molecule has 1 saturated heterocycles. The maximum absolute atomic E-state index is 13.3. The zero-order valence-electron chi connectivity index (χ0n) is 21.5. The van der Waals surface area contributed by atoms with Gasteiger partial charge in [0.25, 0.3) is 5.91 Å². The molecule has 198 valence electrons. The Labute approximate surface area is 213 Å². The van der Waals surface area contributed by atoms with Gasteiger partial charge in [-0.1, -0.05) is 26.2 Å². The molecule has 36 heavy (non-hydrogen) atoms. The normalized spacial score (nSPS) is 24.4. The smallest absolute Gasteiger partial charge is 0.319 e. The fourth-order valence-electron chi connectivity index (χ4n) is 5.45. The van der Waals surface area contributed by atoms with Crippen molar-refractivity contribution in [3.63, 3.8) is 0 Å². The van der Waals surface area contributed by atoms with E-state index in [1.165, 1.54) is 32.1 Å². The van der Waals surface area contributed by atoms with Gasteiger partial charge in [-0.15, -0.1) is 0 Å². The second-order valence-corrected chi connectivity index (χ2v) is 10.3. The molecule has 0 aromatic heterocycles. The SMILES string of the molecule is CCCNC(=O)Nc1ccc2c(c1)C(=O)N(C)[C@@H]1CC[C@@H](CC(=O)NCC3CCCCC3)O[C@H]1CO2. The van der Waals surface area contributed by atoms with E-state index in [9.17, 15) is 14.4 Å². The maximum Gasteiger partial charge on any atom is 0.319 e. The molecule has 2 fully saturated rings. The van der Waals surface area contributed by atoms with Gasteiger partial charge in [0.05, 0.1) is 24.1 Å². The molecule has 3 N–H and O–H groups in total. The van der Waals surface area contributed by atoms with E-state index in [-0.39, 0.29) is 36.1 Å². The number of benzene rings is 1. The summed E-state index contributed by atoms with van der Waals surface area (Å²) in [7, 11) is 1.78. The van der Waals surface area contributed by atoms with Gasteiger partial charge >= 0.3 is 6.03 Å². The molecule has 2 aliphatic heterocycles. The predicted molar refractivity (Wildman–Crippen MR) is 137 cm³/mol. The number of ether oxygens (including phenoxy) is 2. The van der Waals surface area contributed by atoms with Crippen LogP contribution in [0.25, 0.3) is 0 Å². The molecule has 1 saturated carbocycles. The Bertz CT molecular complexity index is 933. The third-order valence-corrected chi connectivity index (χ3v) is 7.53. The minimum Gasteiger partial charge on any atom is -0.490 e. The van der Waals surface area contributed by atoms with Crippen molar-refractivity contribution in [1.29, 1.82) is 0 Å². The lowest BCUT2D eigenvalue weighted by Crippen LogP contribution is -2.54. The van der Waals surface area contributed by atoms with Crippen LogP contribution in [0.15, 0.2) is 18.2 Å². The minimum absolute atomic E-state index is 0.0357. The van der Waals surface area contributed by atoms with Gasteiger partial charge in [0.2, 0.25) is 5.91 Å². The summed E-state index contributed by atoms with van der Waals surface area (Å²) in [5.41, 5.74) is 0.942. The second kappa shape index (κ2) is 12.4. The molecule has 1 aliphatic carbocycles. The molecule has 3 aliphatic rings. The fourth-order valence-corrected chi connectivity index (χ4v) is 5.45. The Morgan fingerprint density at radius 3 is 2.67 bits per heavy atom. The van der Waals surface area contributed by atoms with E-state index >= 15 is 0 Å². The third kappa shape index (κ3) is 6.69. The number of amides is 4. The van der Waals surface area contributed by atoms with Crippen molar-refractivity contribution in [3.8, 4) is 5.75 Å². The van der Waals surface area contributed by atoms with E-state index in [1.807, 2.05) is 6.92 Å². The number of anilines is 1. The molecular formula is C27H40N4O5. The highest BCUT2D eigenvalue weighted by molar-refractivity contribution is 5.99. The summed E-state index contributed by atoms with van der Waals surface area (Å²) < 4.78 is 12.3. The average molecular weight is 501 g/mol. The molecule has 2 heterocycles. The number of nitrogens with one attached hydrogen (secondary N) is 3. The molecule has 3 atom stereocenters. The number of urea groups is 1. The van der Waals surface area contributed by atoms with Crippen molar-refractivity contribution in [2.45, 2.75) is 83.0 Å². The molecule has 0 radical (unpaired) electrons. The van der Waals surface area contributed by atoms with Gasteiger partial charge in [-0.3, -0.25) is 9.59 Å². The molecule has 4 amide bonds. The van der Waals surface area contributed by atoms with E-state index in [0.29, 0.717) is 48.9 Å². The number of rotatable bonds is 7. The first kappa shape index (κ1) is 26.3. The van der Waals surface area contributed by atoms with Crippen LogP contribution in [0.3, 0.4) is 0 Å². The maximum atomic E-state index is 13.3. The summed E-state index contributed by atoms with van der Waals surface area (Å²) in [4.78, 5) is 39.7. The molecule has 1 aromatic carbocycles. The standard InChI is InChI=1S/C27H40N4O5/c1-3-13-28-27(34)30-19-9-12-23-21(14-19)26(33)31(2)22-11-10-20(36-24(22)17-35-23)15-25(32)29-16-18-7-5-4-6-8-18/h9,12,14,18,20,22,24H,3-8,10-11,13,15-17H2,1-2H3,(H,29,32)(H2,28,30,34)/t20-,22+,24-/m0/s1. The van der Waals surface area contributed by atoms with Crippen LogP contribution in [-0.4, -0.2) is 67.7 Å². The van der Waals surface area contributed by atoms with Gasteiger partial charge in [-0.25, -0.2) is 4.79 Å². The lowest BCUT2D eigenvalue weighted by molar-refractivity contribution is -0.134. The quantitative estimate of drug-likeness (QED) is 0.529. The lowest BCUT2D eigenvalue weighted by Gasteiger charge is -2.42. The number of carbonyl (C=O) groups excluding carboxylic acids is 3. The molecular weight excluding hydrogens is 460 g/mol. The van der Waals surface area contributed by atoms with Crippen LogP contribution in [0.1, 0.15) is 75.1 Å². The Morgan fingerprint density at radius 1 is 1.08 bits per heavy atom. The van der Waals surface area contributed by atoms with Gasteiger partial charge in [-0.05, 0) is 56.2 Å². The van der Waals surface area contributed by atoms with E-state index in [1.54, 1.807) is 30.1 Å². The van der Waals surface area contributed by atoms with Crippen LogP contribution in [0.2, 0.25) is 0 Å². The highest BCUT2D eigenvalue weighted by Crippen LogP contribution is 2.32. The molecule has 9 heteroatoms. The number of carbonyl (C=O) groups is 3. The van der Waals surface area contributed by atoms with Gasteiger partial charge in [0, 0.05) is 25.8 Å². The molecule has 0 bridgehead atoms. The number of nitrogens with zero attached hydrogens (tertiary/aromatic N) is 1. The monoisotopic (exact) mass is 500 g/mol. The van der Waals surface area contributed by atoms with Gasteiger partial charge in [0.1, 0.15) is 18.5 Å². The van der Waals surface area contributed by atoms with Crippen molar-refractivity contribution < 1.29 is 23.9 Å². The number of hydrogen-bond donors (Lipinski definition) is 3. The van der Waals surface area contributed by atoms with Crippen LogP contribution >= 0.6 is 0 Å². The molecule has 9 nitrogen and oxygen atoms in total. The van der Waals surface area contributed by atoms with Crippen LogP contribution in [-0.2, 0) is 9.53 Å². The van der Waals surface area contributed by atoms with Crippen molar-refractivity contribution in [1.82, 2.24) is 15.5 Å². The van der Waals surface area contributed by atoms with E-state index < -0.39 is 0 Å². The first-order valence-corrected chi connectivity index (χ1v) is 13.5. The third-order valence-electron chi connectivity index (χ3n) is 7.53. The van der Waals surface area contributed by atoms with Crippen LogP contribution < -0.4 is 20.7 Å². The fraction of sp³-hybridized carbons (Fsp3) is 0.667. The highest BCUT2D eigenvalue weighted by Gasteiger charge is 2.39. The minimum atomic E-state index is -0.311. The summed E-state index contributed by atoms with van der Waals surface area (Å²) >= 11 is 0. The zero-order chi connectivity index (χ0) is 25.5. The Morgan fingerprint density at radius 2 is 1.89 bits per heavy atom. The summed E-state index contributed by atoms with van der Waals surface area (Å²) in [5.74, 6) is 0.915. The summed E-state index contributed by atoms with van der Waals surface area (Å²) in [6.45, 7) is 3.60. The van der Waals surface area contributed by atoms with Crippen LogP contribution in [0.4, 0.5) is 10.5 Å². The second-order valence-electron chi connectivity index (χ2n) is 10.3. The first-order valence-electron chi connectivity index (χ1n) is 13.5. The molecule has 1 aromatic rings. The van der Waals surface area contributed by atoms with E-state index in [2.05, 4.69) is 16.0 Å². The molecule has 4 rings (SSSR count). The average Bonchev–Trinajstić information content (AvgIpc) is 2.89. The van der Waals surface area contributed by atoms with Crippen molar-refractivity contribution >= 4 is 23.5 Å². The Hall–Kier alpha value is -2.81. The summed E-state index contributed by atoms with van der Waals surface area (Å²) in [5, 5.41) is 8.64. The van der Waals surface area contributed by atoms with Gasteiger partial charge < -0.3 is 30.3 Å². The van der Waals surface area contributed by atoms with Crippen molar-refractivity contribution in [2.24, 2.45) is 5.92 Å². The van der Waals surface area contributed by atoms with Crippen molar-refractivity contribution in [2.75, 3.05) is 32.1 Å². The molecule has 0 unspecified atom stereocenters. The van der Waals surface area contributed by atoms with Crippen LogP contribution in [0, 0.1) is 5.92 Å². The Kier molecular flexibility index (Phi) is 9.07. The molecule has 0 spiro atoms. The Balaban J connectivity index is 1.34.